The van der Waals surface area contributed by atoms with E-state index < -0.39 is 37.2 Å². The smallest absolute Gasteiger partial charge is 0.410 e. The molecule has 1 atom stereocenters. The number of likely N-dealkylation sites (tertiary alicyclic amines) is 1. The molecule has 214 valence electrons. The van der Waals surface area contributed by atoms with Crippen molar-refractivity contribution >= 4 is 37.2 Å². The predicted octanol–water partition coefficient (Wildman–Crippen LogP) is 3.90. The van der Waals surface area contributed by atoms with E-state index >= 15 is 0 Å². The van der Waals surface area contributed by atoms with Crippen LogP contribution in [-0.2, 0) is 25.7 Å². The van der Waals surface area contributed by atoms with Crippen LogP contribution in [0.3, 0.4) is 0 Å². The molecule has 0 aromatic carbocycles. The van der Waals surface area contributed by atoms with Gasteiger partial charge >= 0.3 is 12.1 Å². The number of esters is 1. The monoisotopic (exact) mass is 559 g/mol. The molecule has 1 aliphatic carbocycles. The molecule has 0 bridgehead atoms. The first-order chi connectivity index (χ1) is 18.2. The van der Waals surface area contributed by atoms with Gasteiger partial charge in [-0.05, 0) is 39.7 Å². The zero-order valence-electron chi connectivity index (χ0n) is 24.1. The third-order valence-electron chi connectivity index (χ3n) is 6.90. The highest BCUT2D eigenvalue weighted by atomic mass is 28.3. The Labute approximate surface area is 230 Å². The molecule has 2 amide bonds. The van der Waals surface area contributed by atoms with Gasteiger partial charge in [-0.1, -0.05) is 19.6 Å². The highest BCUT2D eigenvalue weighted by molar-refractivity contribution is 6.76. The summed E-state index contributed by atoms with van der Waals surface area (Å²) >= 11 is 0. The number of aromatic nitrogens is 3. The van der Waals surface area contributed by atoms with Crippen LogP contribution in [0.15, 0.2) is 12.4 Å². The van der Waals surface area contributed by atoms with Crippen molar-refractivity contribution in [1.82, 2.24) is 24.8 Å². The Hall–Kier alpha value is -2.99. The second kappa shape index (κ2) is 10.9. The number of amides is 2. The minimum Gasteiger partial charge on any atom is -0.467 e. The van der Waals surface area contributed by atoms with E-state index in [-0.39, 0.29) is 26.2 Å². The maximum atomic E-state index is 13.7. The second-order valence-corrected chi connectivity index (χ2v) is 18.4. The minimum atomic E-state index is -1.41. The Morgan fingerprint density at radius 3 is 2.54 bits per heavy atom. The van der Waals surface area contributed by atoms with Crippen LogP contribution in [0.4, 0.5) is 4.79 Å². The number of nitrogens with zero attached hydrogens (tertiary/aromatic N) is 4. The van der Waals surface area contributed by atoms with Crippen LogP contribution >= 0.6 is 0 Å². The van der Waals surface area contributed by atoms with Crippen molar-refractivity contribution in [3.63, 3.8) is 0 Å². The summed E-state index contributed by atoms with van der Waals surface area (Å²) in [7, 11) is 0.0143. The second-order valence-electron chi connectivity index (χ2n) is 12.8. The van der Waals surface area contributed by atoms with Gasteiger partial charge < -0.3 is 29.0 Å². The SMILES string of the molecule is COC(=O)C1(NC(=O)c2cn(COCC[Si](C)(C)C)c3ncc(C4CC4)nc23)CCN(C(=O)OC(C)(C)C)C1. The summed E-state index contributed by atoms with van der Waals surface area (Å²) in [6.07, 6.45) is 5.20. The molecule has 1 N–H and O–H groups in total. The molecule has 2 aromatic rings. The summed E-state index contributed by atoms with van der Waals surface area (Å²) in [5.74, 6) is -0.752. The molecule has 0 spiro atoms. The molecule has 2 aromatic heterocycles. The van der Waals surface area contributed by atoms with E-state index in [1.807, 2.05) is 0 Å². The van der Waals surface area contributed by atoms with Crippen LogP contribution in [-0.4, -0.2) is 83.4 Å². The summed E-state index contributed by atoms with van der Waals surface area (Å²) in [5.41, 5.74) is 0.0703. The van der Waals surface area contributed by atoms with Crippen molar-refractivity contribution in [2.75, 3.05) is 26.8 Å². The first-order valence-electron chi connectivity index (χ1n) is 13.5. The number of nitrogens with one attached hydrogen (secondary N) is 1. The van der Waals surface area contributed by atoms with Crippen LogP contribution in [0.25, 0.3) is 11.2 Å². The number of fused-ring (bicyclic) bond motifs is 1. The fourth-order valence-corrected chi connectivity index (χ4v) is 5.30. The van der Waals surface area contributed by atoms with Crippen molar-refractivity contribution in [1.29, 1.82) is 0 Å². The quantitative estimate of drug-likeness (QED) is 0.279. The van der Waals surface area contributed by atoms with Gasteiger partial charge in [0.2, 0.25) is 0 Å². The summed E-state index contributed by atoms with van der Waals surface area (Å²) in [4.78, 5) is 50.3. The molecule has 1 saturated heterocycles. The topological polar surface area (TPSA) is 125 Å². The molecule has 1 saturated carbocycles. The van der Waals surface area contributed by atoms with Crippen molar-refractivity contribution in [2.24, 2.45) is 0 Å². The van der Waals surface area contributed by atoms with E-state index in [0.29, 0.717) is 29.3 Å². The predicted molar refractivity (Wildman–Crippen MR) is 148 cm³/mol. The molecule has 11 nitrogen and oxygen atoms in total. The molecular weight excluding hydrogens is 518 g/mol. The third-order valence-corrected chi connectivity index (χ3v) is 8.60. The Morgan fingerprint density at radius 1 is 1.21 bits per heavy atom. The van der Waals surface area contributed by atoms with E-state index in [9.17, 15) is 14.4 Å². The molecule has 1 aliphatic heterocycles. The molecule has 1 unspecified atom stereocenters. The van der Waals surface area contributed by atoms with E-state index in [1.165, 1.54) is 12.0 Å². The Bertz CT molecular complexity index is 1250. The number of ether oxygens (including phenoxy) is 3. The average molecular weight is 560 g/mol. The Kier molecular flexibility index (Phi) is 8.09. The van der Waals surface area contributed by atoms with Gasteiger partial charge in [0.15, 0.2) is 11.2 Å². The number of hydrogen-bond donors (Lipinski definition) is 1. The van der Waals surface area contributed by atoms with Gasteiger partial charge in [0.1, 0.15) is 17.8 Å². The van der Waals surface area contributed by atoms with Gasteiger partial charge in [-0.25, -0.2) is 19.6 Å². The first-order valence-corrected chi connectivity index (χ1v) is 17.2. The van der Waals surface area contributed by atoms with Crippen LogP contribution in [0.2, 0.25) is 25.7 Å². The van der Waals surface area contributed by atoms with Crippen molar-refractivity contribution < 1.29 is 28.6 Å². The normalized spacial score (nSPS) is 19.8. The fourth-order valence-electron chi connectivity index (χ4n) is 4.54. The highest BCUT2D eigenvalue weighted by Crippen LogP contribution is 2.39. The number of rotatable bonds is 9. The van der Waals surface area contributed by atoms with Crippen molar-refractivity contribution in [3.05, 3.63) is 23.7 Å². The number of carbonyl (C=O) groups excluding carboxylic acids is 3. The van der Waals surface area contributed by atoms with E-state index in [2.05, 4.69) is 29.9 Å². The Balaban J connectivity index is 1.59. The highest BCUT2D eigenvalue weighted by Gasteiger charge is 2.49. The lowest BCUT2D eigenvalue weighted by Gasteiger charge is -2.28. The van der Waals surface area contributed by atoms with Gasteiger partial charge in [-0.3, -0.25) is 4.79 Å². The maximum absolute atomic E-state index is 13.7. The van der Waals surface area contributed by atoms with E-state index in [0.717, 1.165) is 24.6 Å². The van der Waals surface area contributed by atoms with Gasteiger partial charge in [0, 0.05) is 39.8 Å². The summed E-state index contributed by atoms with van der Waals surface area (Å²) in [6, 6.07) is 1.02. The standard InChI is InChI=1S/C27H41N5O6Si/c1-26(2,3)38-25(35)31-11-10-27(16-31,24(34)36-4)30-23(33)19-15-32(17-37-12-13-39(5,6)7)22-21(19)29-20(14-28-22)18-8-9-18/h14-15,18H,8-13,16-17H2,1-7H3,(H,30,33). The van der Waals surface area contributed by atoms with Crippen LogP contribution < -0.4 is 5.32 Å². The number of carbonyl (C=O) groups is 3. The van der Waals surface area contributed by atoms with Gasteiger partial charge in [0.25, 0.3) is 5.91 Å². The lowest BCUT2D eigenvalue weighted by atomic mass is 9.98. The molecule has 39 heavy (non-hydrogen) atoms. The molecule has 3 heterocycles. The fraction of sp³-hybridized carbons (Fsp3) is 0.667. The van der Waals surface area contributed by atoms with E-state index in [1.54, 1.807) is 37.7 Å². The number of methoxy groups -OCH3 is 1. The van der Waals surface area contributed by atoms with Gasteiger partial charge in [-0.2, -0.15) is 0 Å². The van der Waals surface area contributed by atoms with Crippen molar-refractivity contribution in [3.8, 4) is 0 Å². The zero-order valence-corrected chi connectivity index (χ0v) is 25.1. The van der Waals surface area contributed by atoms with E-state index in [4.69, 9.17) is 19.2 Å². The maximum Gasteiger partial charge on any atom is 0.410 e. The first kappa shape index (κ1) is 29.0. The summed E-state index contributed by atoms with van der Waals surface area (Å²) in [5, 5.41) is 2.88. The Morgan fingerprint density at radius 2 is 1.92 bits per heavy atom. The molecular formula is C27H41N5O6Si. The molecule has 2 aliphatic rings. The largest absolute Gasteiger partial charge is 0.467 e. The van der Waals surface area contributed by atoms with Crippen molar-refractivity contribution in [2.45, 2.75) is 89.5 Å². The van der Waals surface area contributed by atoms with Gasteiger partial charge in [-0.15, -0.1) is 0 Å². The molecule has 2 fully saturated rings. The molecule has 0 radical (unpaired) electrons. The van der Waals surface area contributed by atoms with Crippen LogP contribution in [0, 0.1) is 0 Å². The van der Waals surface area contributed by atoms with Crippen LogP contribution in [0.1, 0.15) is 62.0 Å². The molecule has 4 rings (SSSR count). The summed E-state index contributed by atoms with van der Waals surface area (Å²) in [6.45, 7) is 13.2. The average Bonchev–Trinajstić information content (AvgIpc) is 3.50. The minimum absolute atomic E-state index is 0.0578. The summed E-state index contributed by atoms with van der Waals surface area (Å²) < 4.78 is 18.3. The lowest BCUT2D eigenvalue weighted by Crippen LogP contribution is -2.57. The zero-order chi connectivity index (χ0) is 28.6. The van der Waals surface area contributed by atoms with Crippen LogP contribution in [0.5, 0.6) is 0 Å². The lowest BCUT2D eigenvalue weighted by molar-refractivity contribution is -0.147. The number of hydrogen-bond acceptors (Lipinski definition) is 8. The molecule has 12 heteroatoms. The van der Waals surface area contributed by atoms with Gasteiger partial charge in [0.05, 0.1) is 31.1 Å². The third kappa shape index (κ3) is 6.96.